The first-order chi connectivity index (χ1) is 9.62. The maximum absolute atomic E-state index is 5.61. The van der Waals surface area contributed by atoms with Crippen molar-refractivity contribution in [2.75, 3.05) is 21.3 Å². The van der Waals surface area contributed by atoms with Gasteiger partial charge in [-0.3, -0.25) is 0 Å². The van der Waals surface area contributed by atoms with E-state index in [-0.39, 0.29) is 0 Å². The second-order valence-electron chi connectivity index (χ2n) is 4.82. The Bertz CT molecular complexity index is 589. The number of hydrogen-bond acceptors (Lipinski definition) is 5. The van der Waals surface area contributed by atoms with Crippen molar-refractivity contribution in [2.45, 2.75) is 26.4 Å². The van der Waals surface area contributed by atoms with E-state index in [1.807, 2.05) is 6.07 Å². The molecule has 0 bridgehead atoms. The van der Waals surface area contributed by atoms with Gasteiger partial charge >= 0.3 is 0 Å². The molecule has 20 heavy (non-hydrogen) atoms. The van der Waals surface area contributed by atoms with Gasteiger partial charge in [0.1, 0.15) is 5.58 Å². The van der Waals surface area contributed by atoms with Crippen molar-refractivity contribution < 1.29 is 18.6 Å². The molecular formula is C15H21NO4. The summed E-state index contributed by atoms with van der Waals surface area (Å²) in [5.41, 5.74) is 1.76. The Balaban J connectivity index is 2.57. The molecular weight excluding hydrogens is 258 g/mol. The zero-order chi connectivity index (χ0) is 14.7. The number of furan rings is 1. The molecule has 0 fully saturated rings. The predicted molar refractivity (Wildman–Crippen MR) is 77.8 cm³/mol. The summed E-state index contributed by atoms with van der Waals surface area (Å²) in [5.74, 6) is 1.81. The van der Waals surface area contributed by atoms with Crippen LogP contribution in [0, 0.1) is 0 Å². The van der Waals surface area contributed by atoms with Crippen LogP contribution in [0.15, 0.2) is 16.7 Å². The van der Waals surface area contributed by atoms with E-state index in [2.05, 4.69) is 19.2 Å². The van der Waals surface area contributed by atoms with Crippen molar-refractivity contribution in [3.8, 4) is 17.2 Å². The number of fused-ring (bicyclic) bond motifs is 1. The van der Waals surface area contributed by atoms with Crippen LogP contribution in [-0.4, -0.2) is 27.4 Å². The average molecular weight is 279 g/mol. The van der Waals surface area contributed by atoms with Crippen molar-refractivity contribution >= 4 is 11.0 Å². The minimum absolute atomic E-state index is 0.395. The molecule has 1 heterocycles. The molecule has 0 aliphatic carbocycles. The van der Waals surface area contributed by atoms with Gasteiger partial charge < -0.3 is 23.9 Å². The fourth-order valence-corrected chi connectivity index (χ4v) is 2.17. The molecule has 5 nitrogen and oxygen atoms in total. The van der Waals surface area contributed by atoms with Crippen molar-refractivity contribution in [1.82, 2.24) is 5.32 Å². The molecule has 1 aromatic carbocycles. The van der Waals surface area contributed by atoms with Crippen LogP contribution in [-0.2, 0) is 6.54 Å². The van der Waals surface area contributed by atoms with Crippen LogP contribution in [0.5, 0.6) is 17.2 Å². The summed E-state index contributed by atoms with van der Waals surface area (Å²) in [6.45, 7) is 4.91. The summed E-state index contributed by atoms with van der Waals surface area (Å²) in [7, 11) is 4.80. The Morgan fingerprint density at radius 2 is 1.80 bits per heavy atom. The lowest BCUT2D eigenvalue weighted by atomic mass is 10.1. The average Bonchev–Trinajstić information content (AvgIpc) is 2.85. The molecule has 2 aromatic rings. The van der Waals surface area contributed by atoms with Crippen molar-refractivity contribution in [2.24, 2.45) is 0 Å². The Hall–Kier alpha value is -1.88. The molecule has 1 N–H and O–H groups in total. The minimum Gasteiger partial charge on any atom is -0.493 e. The van der Waals surface area contributed by atoms with Crippen LogP contribution < -0.4 is 19.5 Å². The molecule has 5 heteroatoms. The molecule has 0 atom stereocenters. The van der Waals surface area contributed by atoms with E-state index in [1.54, 1.807) is 27.6 Å². The largest absolute Gasteiger partial charge is 0.493 e. The van der Waals surface area contributed by atoms with E-state index >= 15 is 0 Å². The fraction of sp³-hybridized carbons (Fsp3) is 0.467. The topological polar surface area (TPSA) is 52.9 Å². The molecule has 1 aromatic heterocycles. The maximum atomic E-state index is 5.61. The van der Waals surface area contributed by atoms with Crippen LogP contribution in [0.4, 0.5) is 0 Å². The number of methoxy groups -OCH3 is 3. The van der Waals surface area contributed by atoms with Gasteiger partial charge in [0.15, 0.2) is 11.5 Å². The second-order valence-corrected chi connectivity index (χ2v) is 4.82. The first-order valence-corrected chi connectivity index (χ1v) is 6.54. The molecule has 110 valence electrons. The van der Waals surface area contributed by atoms with Crippen LogP contribution in [0.3, 0.4) is 0 Å². The van der Waals surface area contributed by atoms with Crippen molar-refractivity contribution in [1.29, 1.82) is 0 Å². The third-order valence-electron chi connectivity index (χ3n) is 3.14. The quantitative estimate of drug-likeness (QED) is 0.881. The summed E-state index contributed by atoms with van der Waals surface area (Å²) >= 11 is 0. The summed E-state index contributed by atoms with van der Waals surface area (Å²) < 4.78 is 21.8. The first kappa shape index (κ1) is 14.5. The molecule has 0 aliphatic rings. The summed E-state index contributed by atoms with van der Waals surface area (Å²) in [4.78, 5) is 0. The molecule has 2 rings (SSSR count). The highest BCUT2D eigenvalue weighted by molar-refractivity contribution is 5.92. The highest BCUT2D eigenvalue weighted by atomic mass is 16.5. The van der Waals surface area contributed by atoms with Crippen LogP contribution in [0.25, 0.3) is 11.0 Å². The van der Waals surface area contributed by atoms with Gasteiger partial charge in [0.05, 0.1) is 33.0 Å². The third-order valence-corrected chi connectivity index (χ3v) is 3.14. The van der Waals surface area contributed by atoms with Gasteiger partial charge in [-0.15, -0.1) is 0 Å². The van der Waals surface area contributed by atoms with Gasteiger partial charge in [-0.25, -0.2) is 0 Å². The van der Waals surface area contributed by atoms with Crippen molar-refractivity contribution in [3.05, 3.63) is 17.9 Å². The van der Waals surface area contributed by atoms with Crippen LogP contribution >= 0.6 is 0 Å². The van der Waals surface area contributed by atoms with Gasteiger partial charge in [0, 0.05) is 24.2 Å². The van der Waals surface area contributed by atoms with E-state index < -0.39 is 0 Å². The standard InChI is InChI=1S/C15H21NO4/c1-9(2)16-7-10-8-20-11-6-12(17-3)14(18-4)15(19-5)13(10)11/h6,8-9,16H,7H2,1-5H3. The summed E-state index contributed by atoms with van der Waals surface area (Å²) in [6, 6.07) is 2.21. The van der Waals surface area contributed by atoms with Crippen molar-refractivity contribution in [3.63, 3.8) is 0 Å². The zero-order valence-electron chi connectivity index (χ0n) is 12.6. The minimum atomic E-state index is 0.395. The third kappa shape index (κ3) is 2.54. The monoisotopic (exact) mass is 279 g/mol. The number of benzene rings is 1. The number of hydrogen-bond donors (Lipinski definition) is 1. The molecule has 0 spiro atoms. The zero-order valence-corrected chi connectivity index (χ0v) is 12.6. The number of rotatable bonds is 6. The Morgan fingerprint density at radius 1 is 1.10 bits per heavy atom. The molecule has 0 amide bonds. The Labute approximate surface area is 118 Å². The normalized spacial score (nSPS) is 11.1. The van der Waals surface area contributed by atoms with E-state index in [0.717, 1.165) is 16.5 Å². The highest BCUT2D eigenvalue weighted by Gasteiger charge is 2.20. The van der Waals surface area contributed by atoms with Gasteiger partial charge in [-0.05, 0) is 0 Å². The fourth-order valence-electron chi connectivity index (χ4n) is 2.17. The van der Waals surface area contributed by atoms with Gasteiger partial charge in [-0.1, -0.05) is 13.8 Å². The SMILES string of the molecule is COc1cc2occ(CNC(C)C)c2c(OC)c1OC. The molecule has 0 saturated heterocycles. The highest BCUT2D eigenvalue weighted by Crippen LogP contribution is 2.45. The predicted octanol–water partition coefficient (Wildman–Crippen LogP) is 2.96. The van der Waals surface area contributed by atoms with E-state index in [0.29, 0.717) is 29.8 Å². The number of ether oxygens (including phenoxy) is 3. The smallest absolute Gasteiger partial charge is 0.204 e. The van der Waals surface area contributed by atoms with E-state index in [9.17, 15) is 0 Å². The van der Waals surface area contributed by atoms with Gasteiger partial charge in [-0.2, -0.15) is 0 Å². The van der Waals surface area contributed by atoms with E-state index in [1.165, 1.54) is 0 Å². The summed E-state index contributed by atoms with van der Waals surface area (Å²) in [6.07, 6.45) is 1.74. The van der Waals surface area contributed by atoms with Gasteiger partial charge in [0.25, 0.3) is 0 Å². The second kappa shape index (κ2) is 6.05. The number of nitrogens with one attached hydrogen (secondary N) is 1. The lowest BCUT2D eigenvalue weighted by Crippen LogP contribution is -2.21. The first-order valence-electron chi connectivity index (χ1n) is 6.54. The van der Waals surface area contributed by atoms with Crippen LogP contribution in [0.2, 0.25) is 0 Å². The maximum Gasteiger partial charge on any atom is 0.204 e. The molecule has 0 unspecified atom stereocenters. The van der Waals surface area contributed by atoms with Crippen LogP contribution in [0.1, 0.15) is 19.4 Å². The lowest BCUT2D eigenvalue weighted by Gasteiger charge is -2.13. The summed E-state index contributed by atoms with van der Waals surface area (Å²) in [5, 5.41) is 4.28. The van der Waals surface area contributed by atoms with Gasteiger partial charge in [0.2, 0.25) is 5.75 Å². The van der Waals surface area contributed by atoms with E-state index in [4.69, 9.17) is 18.6 Å². The molecule has 0 saturated carbocycles. The Kier molecular flexibility index (Phi) is 4.39. The molecule has 0 radical (unpaired) electrons. The lowest BCUT2D eigenvalue weighted by molar-refractivity contribution is 0.326. The Morgan fingerprint density at radius 3 is 2.35 bits per heavy atom. The molecule has 0 aliphatic heterocycles.